The van der Waals surface area contributed by atoms with Gasteiger partial charge in [-0.15, -0.1) is 0 Å². The molecule has 0 saturated heterocycles. The molecule has 0 bridgehead atoms. The van der Waals surface area contributed by atoms with Crippen molar-refractivity contribution < 1.29 is 39.6 Å². The van der Waals surface area contributed by atoms with Gasteiger partial charge in [-0.25, -0.2) is 22.3 Å². The van der Waals surface area contributed by atoms with Crippen molar-refractivity contribution in [3.05, 3.63) is 52.7 Å². The maximum absolute atomic E-state index is 14.3. The van der Waals surface area contributed by atoms with E-state index in [1.807, 2.05) is 0 Å². The number of rotatable bonds is 4. The first-order valence-corrected chi connectivity index (χ1v) is 9.70. The first kappa shape index (κ1) is 22.0. The summed E-state index contributed by atoms with van der Waals surface area (Å²) in [4.78, 5) is -1.48. The molecule has 3 rings (SSSR count). The predicted molar refractivity (Wildman–Crippen MR) is 95.2 cm³/mol. The van der Waals surface area contributed by atoms with Gasteiger partial charge in [0.05, 0.1) is 17.7 Å². The van der Waals surface area contributed by atoms with Crippen LogP contribution in [0.15, 0.2) is 39.8 Å². The number of methoxy groups -OCH3 is 1. The summed E-state index contributed by atoms with van der Waals surface area (Å²) < 4.78 is 101. The molecular formula is C17H10ClF5N2O4S. The smallest absolute Gasteiger partial charge is 0.453 e. The summed E-state index contributed by atoms with van der Waals surface area (Å²) in [5.41, 5.74) is -1.89. The van der Waals surface area contributed by atoms with E-state index in [4.69, 9.17) is 21.5 Å². The highest BCUT2D eigenvalue weighted by atomic mass is 35.5. The van der Waals surface area contributed by atoms with Crippen LogP contribution < -0.4 is 9.88 Å². The molecule has 0 saturated carbocycles. The Morgan fingerprint density at radius 3 is 2.20 bits per heavy atom. The van der Waals surface area contributed by atoms with Gasteiger partial charge < -0.3 is 9.26 Å². The zero-order valence-corrected chi connectivity index (χ0v) is 16.3. The average Bonchev–Trinajstić information content (AvgIpc) is 3.05. The van der Waals surface area contributed by atoms with Gasteiger partial charge in [0.15, 0.2) is 4.90 Å². The molecule has 0 aliphatic carbocycles. The largest absolute Gasteiger partial charge is 0.495 e. The molecule has 13 heteroatoms. The van der Waals surface area contributed by atoms with Gasteiger partial charge in [-0.1, -0.05) is 22.8 Å². The number of nitrogens with zero attached hydrogens (tertiary/aromatic N) is 1. The van der Waals surface area contributed by atoms with Crippen LogP contribution in [0.25, 0.3) is 22.4 Å². The molecule has 2 aromatic carbocycles. The third kappa shape index (κ3) is 3.98. The third-order valence-corrected chi connectivity index (χ3v) is 5.22. The molecule has 0 atom stereocenters. The van der Waals surface area contributed by atoms with E-state index < -0.39 is 55.3 Å². The Kier molecular flexibility index (Phi) is 5.52. The predicted octanol–water partition coefficient (Wildman–Crippen LogP) is 4.62. The van der Waals surface area contributed by atoms with Crippen molar-refractivity contribution in [3.8, 4) is 28.1 Å². The molecule has 6 nitrogen and oxygen atoms in total. The number of primary sulfonamides is 1. The van der Waals surface area contributed by atoms with Gasteiger partial charge in [0, 0.05) is 5.56 Å². The van der Waals surface area contributed by atoms with Crippen LogP contribution in [0.3, 0.4) is 0 Å². The van der Waals surface area contributed by atoms with Crippen LogP contribution in [-0.4, -0.2) is 20.7 Å². The Morgan fingerprint density at radius 1 is 1.10 bits per heavy atom. The molecule has 2 N–H and O–H groups in total. The molecule has 1 heterocycles. The number of benzene rings is 2. The number of hydrogen-bond donors (Lipinski definition) is 1. The van der Waals surface area contributed by atoms with Gasteiger partial charge in [0.25, 0.3) is 0 Å². The van der Waals surface area contributed by atoms with Crippen molar-refractivity contribution >= 4 is 21.6 Å². The van der Waals surface area contributed by atoms with Crippen molar-refractivity contribution in [2.75, 3.05) is 7.11 Å². The minimum absolute atomic E-state index is 0.0295. The summed E-state index contributed by atoms with van der Waals surface area (Å²) in [6.07, 6.45) is -5.08. The lowest BCUT2D eigenvalue weighted by atomic mass is 9.98. The van der Waals surface area contributed by atoms with E-state index in [0.29, 0.717) is 12.1 Å². The standard InChI is InChI=1S/C17H10ClF5N2O4S/c1-28-12-6-7(2-3-9(12)18)14-13(16(29-25-14)17(21,22)23)8-4-10(19)15(11(20)5-8)30(24,26)27/h2-6H,1H3,(H2,24,26,27). The van der Waals surface area contributed by atoms with Gasteiger partial charge >= 0.3 is 6.18 Å². The topological polar surface area (TPSA) is 95.4 Å². The second-order valence-corrected chi connectivity index (χ2v) is 7.80. The SMILES string of the molecule is COc1cc(-c2noc(C(F)(F)F)c2-c2cc(F)c(S(N)(=O)=O)c(F)c2)ccc1Cl. The van der Waals surface area contributed by atoms with Gasteiger partial charge in [0.1, 0.15) is 23.1 Å². The highest BCUT2D eigenvalue weighted by molar-refractivity contribution is 7.89. The molecule has 0 fully saturated rings. The van der Waals surface area contributed by atoms with Gasteiger partial charge in [-0.3, -0.25) is 0 Å². The van der Waals surface area contributed by atoms with E-state index in [1.165, 1.54) is 25.3 Å². The molecule has 160 valence electrons. The molecule has 0 amide bonds. The first-order valence-electron chi connectivity index (χ1n) is 7.77. The number of nitrogens with two attached hydrogens (primary N) is 1. The summed E-state index contributed by atoms with van der Waals surface area (Å²) in [6.45, 7) is 0. The Hall–Kier alpha value is -2.70. The van der Waals surface area contributed by atoms with Crippen LogP contribution >= 0.6 is 11.6 Å². The second kappa shape index (κ2) is 7.52. The molecule has 0 aliphatic rings. The van der Waals surface area contributed by atoms with E-state index in [9.17, 15) is 30.4 Å². The van der Waals surface area contributed by atoms with E-state index in [-0.39, 0.29) is 16.3 Å². The minimum Gasteiger partial charge on any atom is -0.495 e. The van der Waals surface area contributed by atoms with Crippen molar-refractivity contribution in [2.24, 2.45) is 5.14 Å². The van der Waals surface area contributed by atoms with E-state index >= 15 is 0 Å². The van der Waals surface area contributed by atoms with Crippen LogP contribution in [0.2, 0.25) is 5.02 Å². The summed E-state index contributed by atoms with van der Waals surface area (Å²) in [7, 11) is -3.54. The molecular weight excluding hydrogens is 459 g/mol. The van der Waals surface area contributed by atoms with Crippen molar-refractivity contribution in [3.63, 3.8) is 0 Å². The number of hydrogen-bond acceptors (Lipinski definition) is 5. The monoisotopic (exact) mass is 468 g/mol. The number of ether oxygens (including phenoxy) is 1. The maximum Gasteiger partial charge on any atom is 0.453 e. The first-order chi connectivity index (χ1) is 13.8. The van der Waals surface area contributed by atoms with Gasteiger partial charge in [-0.05, 0) is 29.8 Å². The minimum atomic E-state index is -5.08. The van der Waals surface area contributed by atoms with Crippen LogP contribution in [0.4, 0.5) is 22.0 Å². The van der Waals surface area contributed by atoms with Crippen LogP contribution in [-0.2, 0) is 16.2 Å². The zero-order chi connectivity index (χ0) is 22.4. The number of alkyl halides is 3. The average molecular weight is 469 g/mol. The summed E-state index contributed by atoms with van der Waals surface area (Å²) >= 11 is 5.90. The summed E-state index contributed by atoms with van der Waals surface area (Å²) in [6, 6.07) is 4.63. The lowest BCUT2D eigenvalue weighted by molar-refractivity contribution is -0.154. The zero-order valence-electron chi connectivity index (χ0n) is 14.7. The third-order valence-electron chi connectivity index (χ3n) is 3.95. The fourth-order valence-corrected chi connectivity index (χ4v) is 3.59. The van der Waals surface area contributed by atoms with Crippen LogP contribution in [0.1, 0.15) is 5.76 Å². The second-order valence-electron chi connectivity index (χ2n) is 5.90. The fourth-order valence-electron chi connectivity index (χ4n) is 2.73. The Balaban J connectivity index is 2.33. The van der Waals surface area contributed by atoms with E-state index in [2.05, 4.69) is 9.68 Å². The lowest BCUT2D eigenvalue weighted by Crippen LogP contribution is -2.16. The van der Waals surface area contributed by atoms with Crippen molar-refractivity contribution in [1.29, 1.82) is 0 Å². The normalized spacial score (nSPS) is 12.3. The van der Waals surface area contributed by atoms with Gasteiger partial charge in [0.2, 0.25) is 15.8 Å². The molecule has 0 spiro atoms. The summed E-state index contributed by atoms with van der Waals surface area (Å²) in [5, 5.41) is 8.28. The Bertz CT molecular complexity index is 1220. The van der Waals surface area contributed by atoms with Crippen LogP contribution in [0, 0.1) is 11.6 Å². The van der Waals surface area contributed by atoms with E-state index in [0.717, 1.165) is 0 Å². The molecule has 1 aromatic heterocycles. The Labute approximate surface area is 171 Å². The molecule has 0 unspecified atom stereocenters. The maximum atomic E-state index is 14.3. The molecule has 3 aromatic rings. The van der Waals surface area contributed by atoms with Gasteiger partial charge in [-0.2, -0.15) is 13.2 Å². The highest BCUT2D eigenvalue weighted by Crippen LogP contribution is 2.44. The highest BCUT2D eigenvalue weighted by Gasteiger charge is 2.41. The molecule has 0 aliphatic heterocycles. The number of halogens is 6. The molecule has 30 heavy (non-hydrogen) atoms. The summed E-state index contributed by atoms with van der Waals surface area (Å²) in [5.74, 6) is -4.91. The van der Waals surface area contributed by atoms with Crippen LogP contribution in [0.5, 0.6) is 5.75 Å². The van der Waals surface area contributed by atoms with Crippen molar-refractivity contribution in [2.45, 2.75) is 11.1 Å². The number of aromatic nitrogens is 1. The van der Waals surface area contributed by atoms with E-state index in [1.54, 1.807) is 0 Å². The number of sulfonamides is 1. The fraction of sp³-hybridized carbons (Fsp3) is 0.118. The molecule has 0 radical (unpaired) electrons. The lowest BCUT2D eigenvalue weighted by Gasteiger charge is -2.10. The van der Waals surface area contributed by atoms with Crippen molar-refractivity contribution in [1.82, 2.24) is 5.16 Å². The quantitative estimate of drug-likeness (QED) is 0.564. The Morgan fingerprint density at radius 2 is 1.70 bits per heavy atom.